The van der Waals surface area contributed by atoms with Crippen molar-refractivity contribution in [3.8, 4) is 5.75 Å². The molecular weight excluding hydrogens is 331 g/mol. The van der Waals surface area contributed by atoms with Gasteiger partial charge in [0.15, 0.2) is 0 Å². The summed E-state index contributed by atoms with van der Waals surface area (Å²) in [7, 11) is 32.5. The van der Waals surface area contributed by atoms with E-state index in [1.54, 1.807) is 0 Å². The topological polar surface area (TPSA) is 37.0 Å². The van der Waals surface area contributed by atoms with Crippen molar-refractivity contribution in [3.63, 3.8) is 0 Å². The Bertz CT molecular complexity index is 557. The molecule has 1 aromatic carbocycles. The van der Waals surface area contributed by atoms with E-state index in [-0.39, 0.29) is 6.61 Å². The number of nitrogens with zero attached hydrogens (tertiary/aromatic N) is 2. The Labute approximate surface area is 170 Å². The van der Waals surface area contributed by atoms with Crippen LogP contribution < -0.4 is 15.0 Å². The van der Waals surface area contributed by atoms with Crippen LogP contribution in [0.15, 0.2) is 24.3 Å². The van der Waals surface area contributed by atoms with Crippen LogP contribution in [0, 0.1) is 0 Å². The first-order valence-electron chi connectivity index (χ1n) is 8.95. The maximum atomic E-state index is 5.58. The van der Waals surface area contributed by atoms with Gasteiger partial charge in [0.2, 0.25) is 0 Å². The summed E-state index contributed by atoms with van der Waals surface area (Å²) >= 11 is 0. The molecule has 1 N–H and O–H groups in total. The van der Waals surface area contributed by atoms with Crippen molar-refractivity contribution < 1.29 is 9.47 Å². The Morgan fingerprint density at radius 3 is 2.07 bits per heavy atom. The molecule has 0 amide bonds. The summed E-state index contributed by atoms with van der Waals surface area (Å²) in [5.74, 6) is 0.748. The summed E-state index contributed by atoms with van der Waals surface area (Å²) in [6, 6.07) is 7.93. The molecule has 0 aromatic heterocycles. The predicted octanol–water partition coefficient (Wildman–Crippen LogP) is -1.97. The molecule has 5 nitrogen and oxygen atoms in total. The first-order chi connectivity index (χ1) is 12.6. The Kier molecular flexibility index (Phi) is 8.32. The molecule has 1 saturated heterocycles. The number of nitrogens with one attached hydrogen (secondary N) is 1. The summed E-state index contributed by atoms with van der Waals surface area (Å²) in [6.07, 6.45) is 0. The van der Waals surface area contributed by atoms with Crippen molar-refractivity contribution in [2.75, 3.05) is 57.4 Å². The molecule has 130 valence electrons. The van der Waals surface area contributed by atoms with Gasteiger partial charge in [-0.15, -0.1) is 0 Å². The minimum Gasteiger partial charge on any atom is -0.491 e. The number of piperazine rings is 1. The van der Waals surface area contributed by atoms with E-state index in [1.807, 2.05) is 24.3 Å². The largest absolute Gasteiger partial charge is 0.491 e. The third-order valence-corrected chi connectivity index (χ3v) is 4.14. The van der Waals surface area contributed by atoms with Gasteiger partial charge in [0.05, 0.1) is 53.7 Å². The van der Waals surface area contributed by atoms with Gasteiger partial charge in [0.1, 0.15) is 12.4 Å². The molecule has 0 unspecified atom stereocenters. The van der Waals surface area contributed by atoms with E-state index in [0.717, 1.165) is 44.2 Å². The highest BCUT2D eigenvalue weighted by molar-refractivity contribution is 6.59. The number of anilines is 1. The van der Waals surface area contributed by atoms with Gasteiger partial charge >= 0.3 is 0 Å². The van der Waals surface area contributed by atoms with Crippen molar-refractivity contribution in [1.82, 2.24) is 10.2 Å². The summed E-state index contributed by atoms with van der Waals surface area (Å²) in [4.78, 5) is 4.68. The van der Waals surface area contributed by atoms with Gasteiger partial charge < -0.3 is 19.7 Å². The van der Waals surface area contributed by atoms with Crippen molar-refractivity contribution >= 4 is 52.8 Å². The van der Waals surface area contributed by atoms with E-state index >= 15 is 0 Å². The molecule has 0 aliphatic carbocycles. The van der Waals surface area contributed by atoms with Crippen LogP contribution in [0.25, 0.3) is 0 Å². The zero-order valence-corrected chi connectivity index (χ0v) is 15.6. The molecule has 1 aromatic rings. The molecule has 0 atom stereocenters. The lowest BCUT2D eigenvalue weighted by Crippen LogP contribution is -2.52. The third-order valence-electron chi connectivity index (χ3n) is 4.14. The molecule has 1 aliphatic rings. The maximum absolute atomic E-state index is 5.58. The van der Waals surface area contributed by atoms with Crippen molar-refractivity contribution in [1.29, 1.82) is 0 Å². The number of ether oxygens (including phenoxy) is 2. The van der Waals surface area contributed by atoms with E-state index < -0.39 is 10.5 Å². The molecule has 11 heteroatoms. The third kappa shape index (κ3) is 9.22. The lowest BCUT2D eigenvalue weighted by molar-refractivity contribution is 0.0949. The van der Waals surface area contributed by atoms with E-state index in [9.17, 15) is 0 Å². The smallest absolute Gasteiger partial charge is 0.119 e. The van der Waals surface area contributed by atoms with Crippen LogP contribution in [0.4, 0.5) is 5.69 Å². The summed E-state index contributed by atoms with van der Waals surface area (Å²) in [5, 5.41) is -0.0692. The maximum Gasteiger partial charge on any atom is 0.119 e. The molecule has 1 fully saturated rings. The van der Waals surface area contributed by atoms with Crippen molar-refractivity contribution in [2.24, 2.45) is 0 Å². The van der Waals surface area contributed by atoms with Crippen LogP contribution in [0.3, 0.4) is 0 Å². The second-order valence-electron chi connectivity index (χ2n) is 6.73. The summed E-state index contributed by atoms with van der Waals surface area (Å²) < 4.78 is 10.6. The fraction of sp³-hybridized carbons (Fsp3) is 0.625. The lowest BCUT2D eigenvalue weighted by Gasteiger charge is -2.36. The van der Waals surface area contributed by atoms with Gasteiger partial charge in [-0.2, -0.15) is 0 Å². The average molecular weight is 352 g/mol. The number of rotatable bonds is 10. The molecule has 0 bridgehead atoms. The normalized spacial score (nSPS) is 16.4. The van der Waals surface area contributed by atoms with Crippen molar-refractivity contribution in [3.05, 3.63) is 24.3 Å². The summed E-state index contributed by atoms with van der Waals surface area (Å²) in [6.45, 7) is 5.84. The van der Waals surface area contributed by atoms with Gasteiger partial charge in [-0.1, -0.05) is 5.24 Å². The van der Waals surface area contributed by atoms with E-state index in [2.05, 4.69) is 15.1 Å². The second-order valence-corrected chi connectivity index (χ2v) is 6.73. The first kappa shape index (κ1) is 22.4. The minimum absolute atomic E-state index is 0.210. The monoisotopic (exact) mass is 353 g/mol. The number of hydrogen-bond donors (Lipinski definition) is 1. The van der Waals surface area contributed by atoms with Crippen LogP contribution in [0.2, 0.25) is 0 Å². The van der Waals surface area contributed by atoms with Gasteiger partial charge in [-0.25, -0.2) is 0 Å². The van der Waals surface area contributed by atoms with Crippen LogP contribution in [0.5, 0.6) is 5.75 Å². The molecular formula is C16H21B6N3O2. The van der Waals surface area contributed by atoms with E-state index in [0.29, 0.717) is 13.2 Å². The second kappa shape index (κ2) is 10.0. The van der Waals surface area contributed by atoms with Gasteiger partial charge in [-0.05, 0) is 29.6 Å². The zero-order chi connectivity index (χ0) is 19.9. The van der Waals surface area contributed by atoms with Crippen LogP contribution in [0.1, 0.15) is 0 Å². The molecule has 1 heterocycles. The Balaban J connectivity index is 1.69. The van der Waals surface area contributed by atoms with E-state index in [4.69, 9.17) is 56.6 Å². The van der Waals surface area contributed by atoms with Gasteiger partial charge in [0, 0.05) is 45.0 Å². The fourth-order valence-corrected chi connectivity index (χ4v) is 2.79. The van der Waals surface area contributed by atoms with E-state index in [1.165, 1.54) is 0 Å². The highest BCUT2D eigenvalue weighted by Gasteiger charge is 2.17. The van der Waals surface area contributed by atoms with Crippen LogP contribution in [-0.4, -0.2) is 115 Å². The molecule has 0 saturated carbocycles. The minimum atomic E-state index is -1.63. The number of hydrogen-bond acceptors (Lipinski definition) is 5. The molecule has 0 spiro atoms. The Morgan fingerprint density at radius 1 is 0.889 bits per heavy atom. The molecule has 2 rings (SSSR count). The van der Waals surface area contributed by atoms with Crippen LogP contribution >= 0.6 is 0 Å². The lowest BCUT2D eigenvalue weighted by atomic mass is 9.49. The Morgan fingerprint density at radius 2 is 1.52 bits per heavy atom. The first-order valence-corrected chi connectivity index (χ1v) is 8.95. The van der Waals surface area contributed by atoms with Crippen molar-refractivity contribution in [2.45, 2.75) is 10.5 Å². The molecule has 12 radical (unpaired) electrons. The molecule has 1 aliphatic heterocycles. The zero-order valence-electron chi connectivity index (χ0n) is 15.6. The SMILES string of the molecule is [B]C([B])([B])NCCN1CCN(c2ccc(OCCOC([B])([B])[B])cc2)CC1. The summed E-state index contributed by atoms with van der Waals surface area (Å²) in [5.41, 5.74) is 1.16. The predicted molar refractivity (Wildman–Crippen MR) is 115 cm³/mol. The van der Waals surface area contributed by atoms with Crippen LogP contribution in [-0.2, 0) is 4.74 Å². The Hall–Kier alpha value is -0.910. The highest BCUT2D eigenvalue weighted by atomic mass is 16.5. The standard InChI is InChI=1S/C16H21B6N3O2/c17-15(18,19)23-5-6-24-7-9-25(10-8-24)13-1-3-14(4-2-13)26-11-12-27-16(20,21)22/h1-4,23H,5-12H2. The fourth-order valence-electron chi connectivity index (χ4n) is 2.79. The highest BCUT2D eigenvalue weighted by Crippen LogP contribution is 2.20. The average Bonchev–Trinajstić information content (AvgIpc) is 2.58. The quantitative estimate of drug-likeness (QED) is 0.391. The van der Waals surface area contributed by atoms with Gasteiger partial charge in [-0.3, -0.25) is 4.90 Å². The molecule has 27 heavy (non-hydrogen) atoms. The van der Waals surface area contributed by atoms with Gasteiger partial charge in [0.25, 0.3) is 0 Å². The number of benzene rings is 1.